The van der Waals surface area contributed by atoms with Gasteiger partial charge in [0.2, 0.25) is 0 Å². The summed E-state index contributed by atoms with van der Waals surface area (Å²) in [5.74, 6) is 1.15. The minimum absolute atomic E-state index is 0.0819. The number of amides is 1. The van der Waals surface area contributed by atoms with Crippen LogP contribution in [-0.2, 0) is 11.3 Å². The van der Waals surface area contributed by atoms with E-state index in [2.05, 4.69) is 6.58 Å². The van der Waals surface area contributed by atoms with Gasteiger partial charge in [-0.1, -0.05) is 72.5 Å². The fraction of sp³-hybridized carbons (Fsp3) is 0.182. The molecule has 1 heterocycles. The maximum Gasteiger partial charge on any atom is 0.266 e. The normalized spacial score (nSPS) is 15.2. The van der Waals surface area contributed by atoms with Crippen molar-refractivity contribution >= 4 is 40.3 Å². The van der Waals surface area contributed by atoms with Gasteiger partial charge in [0.25, 0.3) is 5.91 Å². The third-order valence-corrected chi connectivity index (χ3v) is 5.55. The molecule has 4 nitrogen and oxygen atoms in total. The number of benzene rings is 2. The Morgan fingerprint density at radius 2 is 1.93 bits per heavy atom. The van der Waals surface area contributed by atoms with Crippen molar-refractivity contribution in [3.63, 3.8) is 0 Å². The zero-order valence-electron chi connectivity index (χ0n) is 15.8. The van der Waals surface area contributed by atoms with Crippen LogP contribution < -0.4 is 9.47 Å². The van der Waals surface area contributed by atoms with Gasteiger partial charge in [-0.15, -0.1) is 0 Å². The van der Waals surface area contributed by atoms with Crippen LogP contribution in [0.1, 0.15) is 16.7 Å². The molecule has 6 heteroatoms. The molecule has 0 spiro atoms. The zero-order valence-corrected chi connectivity index (χ0v) is 17.4. The van der Waals surface area contributed by atoms with Crippen LogP contribution in [0.2, 0.25) is 0 Å². The van der Waals surface area contributed by atoms with Crippen molar-refractivity contribution in [2.24, 2.45) is 0 Å². The van der Waals surface area contributed by atoms with E-state index in [9.17, 15) is 4.79 Å². The number of hydrogen-bond donors (Lipinski definition) is 0. The molecule has 0 aliphatic carbocycles. The molecule has 0 saturated carbocycles. The number of rotatable bonds is 7. The van der Waals surface area contributed by atoms with Crippen molar-refractivity contribution < 1.29 is 14.3 Å². The number of thioether (sulfide) groups is 1. The first-order valence-electron chi connectivity index (χ1n) is 8.74. The topological polar surface area (TPSA) is 38.8 Å². The third-order valence-electron chi connectivity index (χ3n) is 4.18. The highest BCUT2D eigenvalue weighted by Crippen LogP contribution is 2.35. The van der Waals surface area contributed by atoms with E-state index in [1.807, 2.05) is 55.5 Å². The maximum atomic E-state index is 12.8. The second-order valence-electron chi connectivity index (χ2n) is 6.26. The predicted octanol–water partition coefficient (Wildman–Crippen LogP) is 4.97. The van der Waals surface area contributed by atoms with Gasteiger partial charge in [-0.05, 0) is 36.3 Å². The lowest BCUT2D eigenvalue weighted by Gasteiger charge is -2.14. The Labute approximate surface area is 174 Å². The van der Waals surface area contributed by atoms with E-state index in [4.69, 9.17) is 21.7 Å². The molecule has 2 aromatic carbocycles. The number of ether oxygens (including phenoxy) is 2. The summed E-state index contributed by atoms with van der Waals surface area (Å²) >= 11 is 6.74. The van der Waals surface area contributed by atoms with Gasteiger partial charge < -0.3 is 9.47 Å². The summed E-state index contributed by atoms with van der Waals surface area (Å²) in [5.41, 5.74) is 3.08. The predicted molar refractivity (Wildman–Crippen MR) is 119 cm³/mol. The summed E-state index contributed by atoms with van der Waals surface area (Å²) in [6, 6.07) is 13.6. The minimum atomic E-state index is -0.0819. The van der Waals surface area contributed by atoms with Gasteiger partial charge in [0.05, 0.1) is 18.6 Å². The summed E-state index contributed by atoms with van der Waals surface area (Å²) in [6.45, 7) is 6.55. The fourth-order valence-corrected chi connectivity index (χ4v) is 3.96. The molecule has 3 rings (SSSR count). The lowest BCUT2D eigenvalue weighted by Crippen LogP contribution is -2.27. The SMILES string of the molecule is C=CCOc1ccc(/C=C2\SC(=S)N(Cc3ccc(C)cc3)C2=O)cc1OC. The number of hydrogen-bond acceptors (Lipinski definition) is 5. The molecule has 1 fully saturated rings. The first kappa shape index (κ1) is 20.2. The Kier molecular flexibility index (Phi) is 6.54. The van der Waals surface area contributed by atoms with Gasteiger partial charge in [0, 0.05) is 0 Å². The Morgan fingerprint density at radius 3 is 2.61 bits per heavy atom. The van der Waals surface area contributed by atoms with E-state index in [1.165, 1.54) is 17.3 Å². The van der Waals surface area contributed by atoms with Gasteiger partial charge in [-0.2, -0.15) is 0 Å². The third kappa shape index (κ3) is 4.64. The molecule has 1 amide bonds. The van der Waals surface area contributed by atoms with E-state index < -0.39 is 0 Å². The monoisotopic (exact) mass is 411 g/mol. The standard InChI is InChI=1S/C22H21NO3S2/c1-4-11-26-18-10-9-17(12-19(18)25-3)13-20-21(24)23(22(27)28-20)14-16-7-5-15(2)6-8-16/h4-10,12-13H,1,11,14H2,2-3H3/b20-13-. The minimum Gasteiger partial charge on any atom is -0.493 e. The van der Waals surface area contributed by atoms with Gasteiger partial charge in [-0.3, -0.25) is 9.69 Å². The van der Waals surface area contributed by atoms with Crippen molar-refractivity contribution in [3.05, 3.63) is 76.7 Å². The summed E-state index contributed by atoms with van der Waals surface area (Å²) in [6.07, 6.45) is 3.50. The number of thiocarbonyl (C=S) groups is 1. The molecule has 1 saturated heterocycles. The van der Waals surface area contributed by atoms with Crippen LogP contribution in [0.5, 0.6) is 11.5 Å². The molecule has 28 heavy (non-hydrogen) atoms. The lowest BCUT2D eigenvalue weighted by atomic mass is 10.1. The van der Waals surface area contributed by atoms with Crippen LogP contribution in [0, 0.1) is 6.92 Å². The molecule has 0 unspecified atom stereocenters. The molecule has 0 radical (unpaired) electrons. The summed E-state index contributed by atoms with van der Waals surface area (Å²) in [7, 11) is 1.58. The average Bonchev–Trinajstić information content (AvgIpc) is 2.95. The zero-order chi connectivity index (χ0) is 20.1. The van der Waals surface area contributed by atoms with Crippen LogP contribution >= 0.6 is 24.0 Å². The Morgan fingerprint density at radius 1 is 1.18 bits per heavy atom. The van der Waals surface area contributed by atoms with E-state index in [1.54, 1.807) is 18.1 Å². The van der Waals surface area contributed by atoms with Gasteiger partial charge in [-0.25, -0.2) is 0 Å². The van der Waals surface area contributed by atoms with Crippen LogP contribution in [0.3, 0.4) is 0 Å². The maximum absolute atomic E-state index is 12.8. The Hall–Kier alpha value is -2.57. The largest absolute Gasteiger partial charge is 0.493 e. The molecule has 0 aromatic heterocycles. The Bertz CT molecular complexity index is 935. The second-order valence-corrected chi connectivity index (χ2v) is 7.94. The van der Waals surface area contributed by atoms with Crippen molar-refractivity contribution in [2.45, 2.75) is 13.5 Å². The second kappa shape index (κ2) is 9.08. The molecule has 0 bridgehead atoms. The quantitative estimate of drug-likeness (QED) is 0.365. The molecule has 144 valence electrons. The molecule has 1 aliphatic heterocycles. The summed E-state index contributed by atoms with van der Waals surface area (Å²) in [5, 5.41) is 0. The average molecular weight is 412 g/mol. The number of aryl methyl sites for hydroxylation is 1. The smallest absolute Gasteiger partial charge is 0.266 e. The van der Waals surface area contributed by atoms with Crippen molar-refractivity contribution in [3.8, 4) is 11.5 Å². The van der Waals surface area contributed by atoms with Crippen LogP contribution in [-0.4, -0.2) is 28.8 Å². The highest BCUT2D eigenvalue weighted by atomic mass is 32.2. The molecular formula is C22H21NO3S2. The highest BCUT2D eigenvalue weighted by molar-refractivity contribution is 8.26. The number of carbonyl (C=O) groups excluding carboxylic acids is 1. The van der Waals surface area contributed by atoms with Crippen molar-refractivity contribution in [2.75, 3.05) is 13.7 Å². The molecule has 0 N–H and O–H groups in total. The lowest BCUT2D eigenvalue weighted by molar-refractivity contribution is -0.122. The highest BCUT2D eigenvalue weighted by Gasteiger charge is 2.32. The molecule has 2 aromatic rings. The van der Waals surface area contributed by atoms with Crippen molar-refractivity contribution in [1.29, 1.82) is 0 Å². The van der Waals surface area contributed by atoms with Crippen LogP contribution in [0.25, 0.3) is 6.08 Å². The summed E-state index contributed by atoms with van der Waals surface area (Å²) < 4.78 is 11.5. The molecular weight excluding hydrogens is 390 g/mol. The van der Waals surface area contributed by atoms with E-state index in [0.717, 1.165) is 11.1 Å². The van der Waals surface area contributed by atoms with Gasteiger partial charge >= 0.3 is 0 Å². The Balaban J connectivity index is 1.79. The van der Waals surface area contributed by atoms with Gasteiger partial charge in [0.1, 0.15) is 10.9 Å². The van der Waals surface area contributed by atoms with E-state index in [0.29, 0.717) is 33.9 Å². The fourth-order valence-electron chi connectivity index (χ4n) is 2.71. The first-order valence-corrected chi connectivity index (χ1v) is 9.97. The van der Waals surface area contributed by atoms with Gasteiger partial charge in [0.15, 0.2) is 11.5 Å². The van der Waals surface area contributed by atoms with Crippen LogP contribution in [0.15, 0.2) is 60.0 Å². The number of carbonyl (C=O) groups is 1. The van der Waals surface area contributed by atoms with Crippen molar-refractivity contribution in [1.82, 2.24) is 4.90 Å². The molecule has 1 aliphatic rings. The van der Waals surface area contributed by atoms with E-state index in [-0.39, 0.29) is 5.91 Å². The number of methoxy groups -OCH3 is 1. The number of nitrogens with zero attached hydrogens (tertiary/aromatic N) is 1. The van der Waals surface area contributed by atoms with E-state index >= 15 is 0 Å². The molecule has 0 atom stereocenters. The van der Waals surface area contributed by atoms with Crippen LogP contribution in [0.4, 0.5) is 0 Å². The first-order chi connectivity index (χ1) is 13.5. The summed E-state index contributed by atoms with van der Waals surface area (Å²) in [4.78, 5) is 15.1.